The lowest BCUT2D eigenvalue weighted by molar-refractivity contribution is 0.969. The van der Waals surface area contributed by atoms with Gasteiger partial charge in [-0.15, -0.1) is 0 Å². The minimum absolute atomic E-state index is 0.299. The summed E-state index contributed by atoms with van der Waals surface area (Å²) in [7, 11) is 0. The van der Waals surface area contributed by atoms with Crippen LogP contribution in [0.1, 0.15) is 50.8 Å². The first kappa shape index (κ1) is 18.7. The Labute approximate surface area is 195 Å². The number of rotatable bonds is 2. The van der Waals surface area contributed by atoms with E-state index in [1.807, 2.05) is 0 Å². The molecule has 0 atom stereocenters. The zero-order chi connectivity index (χ0) is 21.9. The Kier molecular flexibility index (Phi) is 3.98. The molecule has 156 valence electrons. The predicted octanol–water partition coefficient (Wildman–Crippen LogP) is 8.32. The van der Waals surface area contributed by atoms with Gasteiger partial charge in [0.05, 0.1) is 0 Å². The second kappa shape index (κ2) is 7.05. The lowest BCUT2D eigenvalue weighted by atomic mass is 9.83. The minimum atomic E-state index is 0.299. The summed E-state index contributed by atoms with van der Waals surface area (Å²) in [6, 6.07) is 42.8. The third-order valence-corrected chi connectivity index (χ3v) is 7.61. The molecular formula is C33H24. The molecule has 0 bridgehead atoms. The van der Waals surface area contributed by atoms with Crippen molar-refractivity contribution < 1.29 is 0 Å². The molecule has 0 amide bonds. The van der Waals surface area contributed by atoms with E-state index in [1.165, 1.54) is 61.2 Å². The maximum Gasteiger partial charge on any atom is 0.0354 e. The molecular weight excluding hydrogens is 396 g/mol. The van der Waals surface area contributed by atoms with Gasteiger partial charge in [-0.3, -0.25) is 0 Å². The molecule has 0 unspecified atom stereocenters. The number of benzene rings is 5. The Morgan fingerprint density at radius 3 is 1.21 bits per heavy atom. The van der Waals surface area contributed by atoms with Crippen molar-refractivity contribution in [3.05, 3.63) is 154 Å². The third kappa shape index (κ3) is 2.64. The van der Waals surface area contributed by atoms with E-state index in [1.54, 1.807) is 0 Å². The van der Waals surface area contributed by atoms with Gasteiger partial charge in [0, 0.05) is 11.8 Å². The van der Waals surface area contributed by atoms with E-state index >= 15 is 0 Å². The molecule has 0 nitrogen and oxygen atoms in total. The van der Waals surface area contributed by atoms with Gasteiger partial charge in [0.1, 0.15) is 0 Å². The molecule has 0 heteroatoms. The molecule has 0 saturated carbocycles. The van der Waals surface area contributed by atoms with Crippen molar-refractivity contribution in [2.24, 2.45) is 0 Å². The molecule has 2 aliphatic carbocycles. The van der Waals surface area contributed by atoms with Crippen LogP contribution < -0.4 is 0 Å². The van der Waals surface area contributed by atoms with Crippen molar-refractivity contribution in [3.8, 4) is 22.3 Å². The molecule has 2 aliphatic rings. The fraction of sp³-hybridized carbons (Fsp3) is 0.0909. The Morgan fingerprint density at radius 2 is 0.788 bits per heavy atom. The normalized spacial score (nSPS) is 14.0. The highest BCUT2D eigenvalue weighted by atomic mass is 14.4. The Morgan fingerprint density at radius 1 is 0.394 bits per heavy atom. The van der Waals surface area contributed by atoms with Crippen LogP contribution in [0.25, 0.3) is 22.3 Å². The lowest BCUT2D eigenvalue weighted by Gasteiger charge is -2.20. The van der Waals surface area contributed by atoms with Gasteiger partial charge in [-0.25, -0.2) is 0 Å². The summed E-state index contributed by atoms with van der Waals surface area (Å²) < 4.78 is 0. The van der Waals surface area contributed by atoms with E-state index in [0.717, 1.165) is 0 Å². The molecule has 5 aromatic carbocycles. The maximum absolute atomic E-state index is 2.43. The van der Waals surface area contributed by atoms with Crippen LogP contribution in [0.2, 0.25) is 0 Å². The predicted molar refractivity (Wildman–Crippen MR) is 137 cm³/mol. The zero-order valence-electron chi connectivity index (χ0n) is 18.6. The Balaban J connectivity index is 1.38. The number of fused-ring (bicyclic) bond motifs is 6. The van der Waals surface area contributed by atoms with Crippen LogP contribution in [0.3, 0.4) is 0 Å². The van der Waals surface area contributed by atoms with E-state index < -0.39 is 0 Å². The van der Waals surface area contributed by atoms with Crippen LogP contribution in [0.15, 0.2) is 115 Å². The van der Waals surface area contributed by atoms with Crippen molar-refractivity contribution in [2.45, 2.75) is 18.8 Å². The van der Waals surface area contributed by atoms with Gasteiger partial charge in [-0.2, -0.15) is 0 Å². The van der Waals surface area contributed by atoms with Crippen LogP contribution in [0.5, 0.6) is 0 Å². The van der Waals surface area contributed by atoms with Gasteiger partial charge in [0.25, 0.3) is 0 Å². The number of hydrogen-bond donors (Lipinski definition) is 0. The van der Waals surface area contributed by atoms with E-state index in [0.29, 0.717) is 11.8 Å². The molecule has 33 heavy (non-hydrogen) atoms. The highest BCUT2D eigenvalue weighted by Crippen LogP contribution is 2.51. The smallest absolute Gasteiger partial charge is 0.0354 e. The molecule has 0 spiro atoms. The largest absolute Gasteiger partial charge is 0.0619 e. The summed E-state index contributed by atoms with van der Waals surface area (Å²) in [4.78, 5) is 0. The van der Waals surface area contributed by atoms with Gasteiger partial charge in [-0.1, -0.05) is 115 Å². The van der Waals surface area contributed by atoms with Crippen molar-refractivity contribution >= 4 is 0 Å². The quantitative estimate of drug-likeness (QED) is 0.264. The van der Waals surface area contributed by atoms with Crippen molar-refractivity contribution in [1.29, 1.82) is 0 Å². The standard InChI is InChI=1S/C33H24/c1-21-20-22(32-28-14-6-2-10-24(28)25-11-3-7-15-29(25)32)18-19-23(21)33-30-16-8-4-12-26(30)27-13-5-9-17-31(27)33/h2-20,32-33H,1H3. The third-order valence-electron chi connectivity index (χ3n) is 7.61. The summed E-state index contributed by atoms with van der Waals surface area (Å²) in [5.41, 5.74) is 15.3. The van der Waals surface area contributed by atoms with Gasteiger partial charge in [0.15, 0.2) is 0 Å². The summed E-state index contributed by atoms with van der Waals surface area (Å²) in [6.07, 6.45) is 0. The lowest BCUT2D eigenvalue weighted by Crippen LogP contribution is -2.05. The van der Waals surface area contributed by atoms with Gasteiger partial charge in [0.2, 0.25) is 0 Å². The molecule has 0 saturated heterocycles. The van der Waals surface area contributed by atoms with Crippen LogP contribution in [0, 0.1) is 6.92 Å². The molecule has 0 radical (unpaired) electrons. The SMILES string of the molecule is Cc1cc(C2c3ccccc3-c3ccccc32)ccc1C1c2ccccc2-c2ccccc21. The molecule has 0 N–H and O–H groups in total. The minimum Gasteiger partial charge on any atom is -0.0619 e. The fourth-order valence-electron chi connectivity index (χ4n) is 6.21. The molecule has 7 rings (SSSR count). The van der Waals surface area contributed by atoms with Crippen molar-refractivity contribution in [1.82, 2.24) is 0 Å². The molecule has 0 aromatic heterocycles. The number of aryl methyl sites for hydroxylation is 1. The average Bonchev–Trinajstić information content (AvgIpc) is 3.37. The van der Waals surface area contributed by atoms with E-state index in [9.17, 15) is 0 Å². The first-order valence-corrected chi connectivity index (χ1v) is 11.8. The highest BCUT2D eigenvalue weighted by molar-refractivity contribution is 5.82. The van der Waals surface area contributed by atoms with E-state index in [2.05, 4.69) is 122 Å². The van der Waals surface area contributed by atoms with Gasteiger partial charge >= 0.3 is 0 Å². The molecule has 5 aromatic rings. The van der Waals surface area contributed by atoms with Crippen LogP contribution in [-0.2, 0) is 0 Å². The topological polar surface area (TPSA) is 0 Å². The molecule has 0 fully saturated rings. The van der Waals surface area contributed by atoms with Crippen LogP contribution in [-0.4, -0.2) is 0 Å². The second-order valence-electron chi connectivity index (χ2n) is 9.33. The van der Waals surface area contributed by atoms with E-state index in [4.69, 9.17) is 0 Å². The van der Waals surface area contributed by atoms with Crippen molar-refractivity contribution in [3.63, 3.8) is 0 Å². The van der Waals surface area contributed by atoms with E-state index in [-0.39, 0.29) is 0 Å². The van der Waals surface area contributed by atoms with Crippen LogP contribution >= 0.6 is 0 Å². The summed E-state index contributed by atoms with van der Waals surface area (Å²) >= 11 is 0. The van der Waals surface area contributed by atoms with Gasteiger partial charge in [-0.05, 0) is 68.1 Å². The summed E-state index contributed by atoms with van der Waals surface area (Å²) in [6.45, 7) is 2.29. The Hall–Kier alpha value is -3.90. The summed E-state index contributed by atoms with van der Waals surface area (Å²) in [5, 5.41) is 0. The monoisotopic (exact) mass is 420 g/mol. The van der Waals surface area contributed by atoms with Crippen LogP contribution in [0.4, 0.5) is 0 Å². The number of hydrogen-bond acceptors (Lipinski definition) is 0. The average molecular weight is 421 g/mol. The summed E-state index contributed by atoms with van der Waals surface area (Å²) in [5.74, 6) is 0.600. The highest BCUT2D eigenvalue weighted by Gasteiger charge is 2.32. The maximum atomic E-state index is 2.43. The molecule has 0 heterocycles. The Bertz CT molecular complexity index is 1450. The van der Waals surface area contributed by atoms with Gasteiger partial charge < -0.3 is 0 Å². The first-order chi connectivity index (χ1) is 16.3. The zero-order valence-corrected chi connectivity index (χ0v) is 18.6. The second-order valence-corrected chi connectivity index (χ2v) is 9.33. The first-order valence-electron chi connectivity index (χ1n) is 11.8. The van der Waals surface area contributed by atoms with Crippen molar-refractivity contribution in [2.75, 3.05) is 0 Å². The molecule has 0 aliphatic heterocycles. The fourth-order valence-corrected chi connectivity index (χ4v) is 6.21.